The van der Waals surface area contributed by atoms with E-state index in [0.717, 1.165) is 89.4 Å². The van der Waals surface area contributed by atoms with Crippen molar-refractivity contribution in [2.45, 2.75) is 278 Å². The van der Waals surface area contributed by atoms with Crippen molar-refractivity contribution in [1.29, 1.82) is 0 Å². The molecule has 0 aliphatic heterocycles. The second-order valence-electron chi connectivity index (χ2n) is 31.9. The Bertz CT molecular complexity index is 4780. The Morgan fingerprint density at radius 2 is 0.425 bits per heavy atom. The molecule has 0 aliphatic carbocycles. The van der Waals surface area contributed by atoms with E-state index in [0.29, 0.717) is 160 Å². The van der Waals surface area contributed by atoms with E-state index < -0.39 is 0 Å². The van der Waals surface area contributed by atoms with Crippen molar-refractivity contribution in [3.63, 3.8) is 0 Å². The Kier molecular flexibility index (Phi) is 79.4. The van der Waals surface area contributed by atoms with Crippen LogP contribution in [0.15, 0.2) is 212 Å². The first kappa shape index (κ1) is 143. The molecule has 10 unspecified atom stereocenters. The van der Waals surface area contributed by atoms with Crippen LogP contribution in [0.4, 0.5) is 0 Å². The second-order valence-corrected chi connectivity index (χ2v) is 31.9. The van der Waals surface area contributed by atoms with Gasteiger partial charge in [0.15, 0.2) is 65.9 Å². The highest BCUT2D eigenvalue weighted by molar-refractivity contribution is 5.56. The van der Waals surface area contributed by atoms with Gasteiger partial charge in [-0.1, -0.05) is 210 Å². The normalized spacial score (nSPS) is 12.1. The lowest BCUT2D eigenvalue weighted by molar-refractivity contribution is -0.0848. The minimum Gasteiger partial charge on any atom is -0.497 e. The smallest absolute Gasteiger partial charge is 0.203 e. The molecular formula is C121H192O25. The maximum absolute atomic E-state index is 5.81. The topological polar surface area (TPSA) is 231 Å². The molecule has 0 fully saturated rings. The third-order valence-electron chi connectivity index (χ3n) is 22.3. The van der Waals surface area contributed by atoms with Gasteiger partial charge in [-0.15, -0.1) is 0 Å². The zero-order valence-electron chi connectivity index (χ0n) is 85.0. The first-order valence-electron chi connectivity index (χ1n) is 46.9. The van der Waals surface area contributed by atoms with E-state index >= 15 is 0 Å². The zero-order chi connectivity index (χ0) is 98.9. The summed E-state index contributed by atoms with van der Waals surface area (Å²) in [6, 6.07) is 68.6. The SMILES string of the molecule is C.C.C.C.C.C.C.C.C.C.CCC(C)c1ccc(OC(C)OCCOCc2cc(OC)c(OC)c(OC)c2)cc1.CCC(C)c1ccc(OC(C)OCCOc2cc(OC)c(OC)c(OC)c2)cc1.CCC(C)c1ccc(OC(C)OCCOc2ccc(OC)c(OC)c2)cc1.CCC(C)c1ccc(OC(C)OCCOc2ccc(OC)cc2)cc1.CCC(C)c1ccc(OC(C)OCCOc2cccc(OC)c2)cc1. The van der Waals surface area contributed by atoms with Crippen LogP contribution < -0.4 is 90.0 Å². The number of hydrogen-bond donors (Lipinski definition) is 0. The van der Waals surface area contributed by atoms with Crippen LogP contribution in [0.2, 0.25) is 0 Å². The van der Waals surface area contributed by atoms with Crippen LogP contribution in [0.5, 0.6) is 109 Å². The summed E-state index contributed by atoms with van der Waals surface area (Å²) >= 11 is 0. The van der Waals surface area contributed by atoms with Gasteiger partial charge in [0.2, 0.25) is 11.5 Å². The van der Waals surface area contributed by atoms with Gasteiger partial charge in [0.05, 0.1) is 117 Å². The maximum atomic E-state index is 5.81. The van der Waals surface area contributed by atoms with E-state index in [1.54, 1.807) is 89.3 Å². The van der Waals surface area contributed by atoms with E-state index in [-0.39, 0.29) is 106 Å². The molecule has 25 nitrogen and oxygen atoms in total. The van der Waals surface area contributed by atoms with E-state index in [4.69, 9.17) is 118 Å². The summed E-state index contributed by atoms with van der Waals surface area (Å²) < 4.78 is 138. The van der Waals surface area contributed by atoms with Crippen molar-refractivity contribution >= 4 is 0 Å². The van der Waals surface area contributed by atoms with Crippen molar-refractivity contribution in [2.24, 2.45) is 0 Å². The lowest BCUT2D eigenvalue weighted by Gasteiger charge is -2.17. The summed E-state index contributed by atoms with van der Waals surface area (Å²) in [7, 11) is 15.9. The molecule has 10 aromatic rings. The van der Waals surface area contributed by atoms with Gasteiger partial charge in [0.1, 0.15) is 89.7 Å². The van der Waals surface area contributed by atoms with Crippen molar-refractivity contribution in [3.8, 4) is 109 Å². The van der Waals surface area contributed by atoms with E-state index in [9.17, 15) is 0 Å². The summed E-state index contributed by atoms with van der Waals surface area (Å²) in [6.07, 6.45) is 3.88. The molecule has 0 radical (unpaired) electrons. The molecule has 826 valence electrons. The predicted octanol–water partition coefficient (Wildman–Crippen LogP) is 31.7. The highest BCUT2D eigenvalue weighted by Gasteiger charge is 2.19. The standard InChI is InChI=1S/C24H34O6.C23H32O6.C22H30O5.2C21H28O4.10CH4/c1-7-17(2)20-8-10-21(11-9-20)30-18(3)29-13-12-28-16-19-14-22(25-4)24(27-6)23(15-19)26-5;1-7-16(2)18-8-10-19(11-9-18)29-17(3)27-12-13-28-20-14-21(24-4)23(26-6)22(15-20)25-5;1-6-16(2)18-7-9-19(10-8-18)27-17(3)25-13-14-26-20-11-12-21(23-4)22(15-20)24-5;1-5-16(2)18-6-8-21(9-7-18)25-17(3)23-14-15-24-20-12-10-19(22-4)11-13-20;1-5-16(2)18-9-11-19(12-10-18)25-17(3)23-13-14-24-21-8-6-7-20(15-21)22-4;;;;;;;;;;/h8-11,14-15,17-18H,7,12-13,16H2,1-6H3;8-11,14-17H,7,12-13H2,1-6H3;7-12,15-17H,6,13-14H2,1-5H3;6-13,16-17H,5,14-15H2,1-4H3;6-12,15-17H,5,13-14H2,1-4H3;10*1H4. The first-order valence-corrected chi connectivity index (χ1v) is 46.9. The minimum atomic E-state index is -0.381. The monoisotopic (exact) mass is 2050 g/mol. The van der Waals surface area contributed by atoms with Crippen molar-refractivity contribution in [2.75, 3.05) is 137 Å². The summed E-state index contributed by atoms with van der Waals surface area (Å²) in [5.74, 6) is 15.9. The van der Waals surface area contributed by atoms with Gasteiger partial charge in [-0.3, -0.25) is 0 Å². The van der Waals surface area contributed by atoms with Gasteiger partial charge >= 0.3 is 0 Å². The Morgan fingerprint density at radius 3 is 0.699 bits per heavy atom. The van der Waals surface area contributed by atoms with Crippen LogP contribution in [0.1, 0.15) is 273 Å². The fourth-order valence-corrected chi connectivity index (χ4v) is 13.3. The number of hydrogen-bond acceptors (Lipinski definition) is 25. The largest absolute Gasteiger partial charge is 0.497 e. The summed E-state index contributed by atoms with van der Waals surface area (Å²) in [4.78, 5) is 0. The molecule has 146 heavy (non-hydrogen) atoms. The summed E-state index contributed by atoms with van der Waals surface area (Å²) in [5.41, 5.74) is 7.54. The number of rotatable bonds is 56. The van der Waals surface area contributed by atoms with Gasteiger partial charge in [-0.05, 0) is 251 Å². The molecule has 10 rings (SSSR count). The second kappa shape index (κ2) is 81.3. The molecule has 0 heterocycles. The van der Waals surface area contributed by atoms with Crippen LogP contribution in [-0.2, 0) is 35.0 Å². The molecule has 10 atom stereocenters. The maximum Gasteiger partial charge on any atom is 0.203 e. The highest BCUT2D eigenvalue weighted by Crippen LogP contribution is 2.42. The molecule has 10 aromatic carbocycles. The van der Waals surface area contributed by atoms with Crippen molar-refractivity contribution in [3.05, 3.63) is 246 Å². The fraction of sp³-hybridized carbons (Fsp3) is 0.504. The highest BCUT2D eigenvalue weighted by atomic mass is 16.7. The molecule has 0 aromatic heterocycles. The minimum absolute atomic E-state index is 0. The Balaban J connectivity index is -0.000000559. The number of methoxy groups -OCH3 is 10. The summed E-state index contributed by atoms with van der Waals surface area (Å²) in [5, 5.41) is 0. The quantitative estimate of drug-likeness (QED) is 0.0255. The van der Waals surface area contributed by atoms with Gasteiger partial charge in [0, 0.05) is 24.3 Å². The molecule has 0 spiro atoms. The number of ether oxygens (including phenoxy) is 25. The zero-order valence-corrected chi connectivity index (χ0v) is 85.0. The lowest BCUT2D eigenvalue weighted by Crippen LogP contribution is -2.20. The third-order valence-corrected chi connectivity index (χ3v) is 22.3. The average Bonchev–Trinajstić information content (AvgIpc) is 0.835. The van der Waals surface area contributed by atoms with Crippen LogP contribution >= 0.6 is 0 Å². The average molecular weight is 2050 g/mol. The summed E-state index contributed by atoms with van der Waals surface area (Å²) in [6.45, 7) is 36.1. The van der Waals surface area contributed by atoms with Crippen molar-refractivity contribution in [1.82, 2.24) is 0 Å². The van der Waals surface area contributed by atoms with Gasteiger partial charge in [-0.2, -0.15) is 0 Å². The van der Waals surface area contributed by atoms with Crippen LogP contribution in [0.3, 0.4) is 0 Å². The molecule has 0 saturated heterocycles. The molecule has 0 saturated carbocycles. The Hall–Kier alpha value is -11.8. The van der Waals surface area contributed by atoms with Gasteiger partial charge in [0.25, 0.3) is 0 Å². The number of benzene rings is 10. The van der Waals surface area contributed by atoms with Crippen molar-refractivity contribution < 1.29 is 118 Å². The Labute approximate surface area is 883 Å². The first-order chi connectivity index (χ1) is 65.8. The van der Waals surface area contributed by atoms with Crippen LogP contribution in [-0.4, -0.2) is 169 Å². The fourth-order valence-electron chi connectivity index (χ4n) is 13.3. The van der Waals surface area contributed by atoms with Gasteiger partial charge < -0.3 is 118 Å². The van der Waals surface area contributed by atoms with Crippen LogP contribution in [0, 0.1) is 0 Å². The molecule has 0 aliphatic rings. The molecular weight excluding hydrogens is 1850 g/mol. The predicted molar refractivity (Wildman–Crippen MR) is 603 cm³/mol. The van der Waals surface area contributed by atoms with E-state index in [2.05, 4.69) is 130 Å². The van der Waals surface area contributed by atoms with E-state index in [1.807, 2.05) is 168 Å². The molecule has 0 bridgehead atoms. The lowest BCUT2D eigenvalue weighted by atomic mass is 9.99. The van der Waals surface area contributed by atoms with E-state index in [1.165, 1.54) is 27.8 Å². The molecule has 25 heteroatoms. The Morgan fingerprint density at radius 1 is 0.192 bits per heavy atom. The molecule has 0 amide bonds. The third kappa shape index (κ3) is 52.0. The van der Waals surface area contributed by atoms with Gasteiger partial charge in [-0.25, -0.2) is 0 Å². The van der Waals surface area contributed by atoms with Crippen LogP contribution in [0.25, 0.3) is 0 Å². The molecule has 0 N–H and O–H groups in total.